The molecule has 0 aromatic carbocycles. The molecule has 2 heterocycles. The highest BCUT2D eigenvalue weighted by Gasteiger charge is 2.31. The van der Waals surface area contributed by atoms with E-state index in [1.165, 1.54) is 6.07 Å². The maximum atomic E-state index is 12.5. The number of anilines is 1. The van der Waals surface area contributed by atoms with E-state index in [9.17, 15) is 18.0 Å². The Morgan fingerprint density at radius 2 is 2.27 bits per heavy atom. The Balaban J connectivity index is 1.89. The molecule has 0 spiro atoms. The molecular weight excluding hydrogens is 299 g/mol. The van der Waals surface area contributed by atoms with Gasteiger partial charge in [0.25, 0.3) is 0 Å². The molecule has 5 nitrogen and oxygen atoms in total. The molecule has 1 amide bonds. The van der Waals surface area contributed by atoms with Crippen molar-refractivity contribution in [2.24, 2.45) is 0 Å². The molecule has 2 rings (SSSR count). The summed E-state index contributed by atoms with van der Waals surface area (Å²) in [7, 11) is 0. The molecule has 0 bridgehead atoms. The Kier molecular flexibility index (Phi) is 5.23. The first-order valence-electron chi connectivity index (χ1n) is 7.05. The van der Waals surface area contributed by atoms with E-state index in [1.807, 2.05) is 4.90 Å². The van der Waals surface area contributed by atoms with Crippen molar-refractivity contribution < 1.29 is 22.7 Å². The number of pyridine rings is 1. The summed E-state index contributed by atoms with van der Waals surface area (Å²) in [5, 5.41) is 2.84. The normalized spacial score (nSPS) is 18.5. The van der Waals surface area contributed by atoms with E-state index in [0.717, 1.165) is 18.7 Å². The number of ether oxygens (including phenoxy) is 1. The maximum absolute atomic E-state index is 12.5. The summed E-state index contributed by atoms with van der Waals surface area (Å²) in [5.41, 5.74) is -0.767. The second-order valence-corrected chi connectivity index (χ2v) is 5.04. The van der Waals surface area contributed by atoms with E-state index >= 15 is 0 Å². The third-order valence-electron chi connectivity index (χ3n) is 3.39. The molecule has 1 aliphatic heterocycles. The van der Waals surface area contributed by atoms with Crippen LogP contribution in [0.4, 0.5) is 19.0 Å². The number of alkyl halides is 3. The van der Waals surface area contributed by atoms with Crippen LogP contribution in [-0.4, -0.2) is 43.2 Å². The number of aromatic nitrogens is 1. The Morgan fingerprint density at radius 1 is 1.50 bits per heavy atom. The van der Waals surface area contributed by atoms with Crippen LogP contribution in [0.1, 0.15) is 18.9 Å². The third-order valence-corrected chi connectivity index (χ3v) is 3.39. The number of amides is 1. The van der Waals surface area contributed by atoms with Crippen molar-refractivity contribution in [1.29, 1.82) is 0 Å². The SMILES string of the molecule is CCOCC(=O)NC1CCN(c2ccc(C(F)(F)F)cn2)C1. The van der Waals surface area contributed by atoms with Gasteiger partial charge in [0.2, 0.25) is 5.91 Å². The first-order valence-corrected chi connectivity index (χ1v) is 7.05. The Bertz CT molecular complexity index is 505. The molecule has 1 unspecified atom stereocenters. The number of halogens is 3. The summed E-state index contributed by atoms with van der Waals surface area (Å²) in [6.45, 7) is 3.46. The zero-order valence-corrected chi connectivity index (χ0v) is 12.2. The average Bonchev–Trinajstić information content (AvgIpc) is 2.93. The van der Waals surface area contributed by atoms with Crippen LogP contribution in [0.5, 0.6) is 0 Å². The fourth-order valence-corrected chi connectivity index (χ4v) is 2.29. The van der Waals surface area contributed by atoms with Crippen LogP contribution in [0.2, 0.25) is 0 Å². The Hall–Kier alpha value is -1.83. The summed E-state index contributed by atoms with van der Waals surface area (Å²) in [6, 6.07) is 2.33. The summed E-state index contributed by atoms with van der Waals surface area (Å²) in [5.74, 6) is 0.295. The van der Waals surface area contributed by atoms with Crippen LogP contribution < -0.4 is 10.2 Å². The average molecular weight is 317 g/mol. The molecule has 1 aromatic heterocycles. The van der Waals surface area contributed by atoms with Gasteiger partial charge >= 0.3 is 6.18 Å². The fraction of sp³-hybridized carbons (Fsp3) is 0.571. The lowest BCUT2D eigenvalue weighted by atomic mass is 10.2. The molecule has 1 N–H and O–H groups in total. The number of nitrogens with zero attached hydrogens (tertiary/aromatic N) is 2. The third kappa shape index (κ3) is 4.33. The van der Waals surface area contributed by atoms with Gasteiger partial charge in [-0.25, -0.2) is 4.98 Å². The minimum absolute atomic E-state index is 0.0194. The van der Waals surface area contributed by atoms with Gasteiger partial charge in [0, 0.05) is 31.9 Å². The highest BCUT2D eigenvalue weighted by atomic mass is 19.4. The van der Waals surface area contributed by atoms with Gasteiger partial charge in [-0.1, -0.05) is 0 Å². The number of rotatable bonds is 5. The van der Waals surface area contributed by atoms with Crippen LogP contribution in [0, 0.1) is 0 Å². The number of hydrogen-bond acceptors (Lipinski definition) is 4. The van der Waals surface area contributed by atoms with Crippen LogP contribution in [0.25, 0.3) is 0 Å². The molecule has 1 saturated heterocycles. The topological polar surface area (TPSA) is 54.5 Å². The van der Waals surface area contributed by atoms with Gasteiger partial charge in [0.05, 0.1) is 5.56 Å². The minimum atomic E-state index is -4.38. The Morgan fingerprint density at radius 3 is 2.86 bits per heavy atom. The maximum Gasteiger partial charge on any atom is 0.417 e. The molecule has 122 valence electrons. The minimum Gasteiger partial charge on any atom is -0.372 e. The summed E-state index contributed by atoms with van der Waals surface area (Å²) in [6.07, 6.45) is -2.83. The quantitative estimate of drug-likeness (QED) is 0.900. The van der Waals surface area contributed by atoms with Crippen LogP contribution in [0.3, 0.4) is 0 Å². The van der Waals surface area contributed by atoms with Crippen molar-refractivity contribution in [2.75, 3.05) is 31.2 Å². The molecule has 22 heavy (non-hydrogen) atoms. The van der Waals surface area contributed by atoms with Crippen molar-refractivity contribution in [3.05, 3.63) is 23.9 Å². The highest BCUT2D eigenvalue weighted by molar-refractivity contribution is 5.77. The van der Waals surface area contributed by atoms with Gasteiger partial charge in [0.15, 0.2) is 0 Å². The van der Waals surface area contributed by atoms with Gasteiger partial charge in [-0.15, -0.1) is 0 Å². The summed E-state index contributed by atoms with van der Waals surface area (Å²) < 4.78 is 42.5. The largest absolute Gasteiger partial charge is 0.417 e. The molecular formula is C14H18F3N3O2. The van der Waals surface area contributed by atoms with Crippen molar-refractivity contribution in [2.45, 2.75) is 25.6 Å². The van der Waals surface area contributed by atoms with Crippen LogP contribution in [0.15, 0.2) is 18.3 Å². The first kappa shape index (κ1) is 16.5. The molecule has 0 radical (unpaired) electrons. The molecule has 0 aliphatic carbocycles. The lowest BCUT2D eigenvalue weighted by molar-refractivity contribution is -0.137. The summed E-state index contributed by atoms with van der Waals surface area (Å²) in [4.78, 5) is 17.3. The molecule has 0 saturated carbocycles. The monoisotopic (exact) mass is 317 g/mol. The fourth-order valence-electron chi connectivity index (χ4n) is 2.29. The number of carbonyl (C=O) groups excluding carboxylic acids is 1. The number of hydrogen-bond donors (Lipinski definition) is 1. The lowest BCUT2D eigenvalue weighted by Gasteiger charge is -2.18. The molecule has 1 aliphatic rings. The van der Waals surface area contributed by atoms with Crippen molar-refractivity contribution >= 4 is 11.7 Å². The Labute approximate surface area is 126 Å². The number of carbonyl (C=O) groups is 1. The van der Waals surface area contributed by atoms with E-state index < -0.39 is 11.7 Å². The van der Waals surface area contributed by atoms with Crippen molar-refractivity contribution in [3.63, 3.8) is 0 Å². The zero-order chi connectivity index (χ0) is 16.2. The smallest absolute Gasteiger partial charge is 0.372 e. The van der Waals surface area contributed by atoms with E-state index in [-0.39, 0.29) is 18.6 Å². The second kappa shape index (κ2) is 6.95. The van der Waals surface area contributed by atoms with Gasteiger partial charge in [0.1, 0.15) is 12.4 Å². The second-order valence-electron chi connectivity index (χ2n) is 5.04. The van der Waals surface area contributed by atoms with Crippen molar-refractivity contribution in [3.8, 4) is 0 Å². The van der Waals surface area contributed by atoms with Gasteiger partial charge < -0.3 is 15.0 Å². The molecule has 8 heteroatoms. The van der Waals surface area contributed by atoms with E-state index in [1.54, 1.807) is 6.92 Å². The van der Waals surface area contributed by atoms with Crippen LogP contribution in [-0.2, 0) is 15.7 Å². The van der Waals surface area contributed by atoms with E-state index in [4.69, 9.17) is 4.74 Å². The van der Waals surface area contributed by atoms with Crippen molar-refractivity contribution in [1.82, 2.24) is 10.3 Å². The molecule has 1 fully saturated rings. The molecule has 1 atom stereocenters. The molecule has 1 aromatic rings. The van der Waals surface area contributed by atoms with Gasteiger partial charge in [-0.05, 0) is 25.5 Å². The summed E-state index contributed by atoms with van der Waals surface area (Å²) >= 11 is 0. The predicted molar refractivity (Wildman–Crippen MR) is 74.5 cm³/mol. The predicted octanol–water partition coefficient (Wildman–Crippen LogP) is 1.83. The number of nitrogens with one attached hydrogen (secondary N) is 1. The van der Waals surface area contributed by atoms with E-state index in [0.29, 0.717) is 25.5 Å². The van der Waals surface area contributed by atoms with Gasteiger partial charge in [-0.3, -0.25) is 4.79 Å². The van der Waals surface area contributed by atoms with E-state index in [2.05, 4.69) is 10.3 Å². The highest BCUT2D eigenvalue weighted by Crippen LogP contribution is 2.29. The van der Waals surface area contributed by atoms with Crippen LogP contribution >= 0.6 is 0 Å². The van der Waals surface area contributed by atoms with Gasteiger partial charge in [-0.2, -0.15) is 13.2 Å². The lowest BCUT2D eigenvalue weighted by Crippen LogP contribution is -2.39. The zero-order valence-electron chi connectivity index (χ0n) is 12.2. The standard InChI is InChI=1S/C14H18F3N3O2/c1-2-22-9-13(21)19-11-5-6-20(8-11)12-4-3-10(7-18-12)14(15,16)17/h3-4,7,11H,2,5-6,8-9H2,1H3,(H,19,21). The first-order chi connectivity index (χ1) is 10.4.